The highest BCUT2D eigenvalue weighted by Crippen LogP contribution is 2.53. The largest absolute Gasteiger partial charge is 0.300 e. The van der Waals surface area contributed by atoms with Crippen LogP contribution in [-0.4, -0.2) is 32.3 Å². The number of carbonyl (C=O) groups is 1. The third kappa shape index (κ3) is 1.86. The molecule has 0 aromatic heterocycles. The predicted octanol–water partition coefficient (Wildman–Crippen LogP) is 2.49. The van der Waals surface area contributed by atoms with Crippen molar-refractivity contribution in [3.8, 4) is 0 Å². The Kier molecular flexibility index (Phi) is 3.19. The lowest BCUT2D eigenvalue weighted by Crippen LogP contribution is -2.37. The molecule has 0 aromatic carbocycles. The smallest absolute Gasteiger partial charge is 0.163 e. The second-order valence-electron chi connectivity index (χ2n) is 3.43. The van der Waals surface area contributed by atoms with Crippen LogP contribution in [0.15, 0.2) is 4.99 Å². The predicted molar refractivity (Wildman–Crippen MR) is 67.4 cm³/mol. The first-order valence-electron chi connectivity index (χ1n) is 4.62. The SMILES string of the molecule is CC(=O)C1CSC(C)=NC12SCCS2. The zero-order chi connectivity index (χ0) is 10.2. The van der Waals surface area contributed by atoms with Crippen LogP contribution in [0.1, 0.15) is 13.8 Å². The van der Waals surface area contributed by atoms with Gasteiger partial charge in [-0.3, -0.25) is 9.79 Å². The standard InChI is InChI=1S/C9H13NOS3/c1-6(11)8-5-12-7(2)10-9(8)13-3-4-14-9/h8H,3-5H2,1-2H3. The molecule has 0 aliphatic carbocycles. The van der Waals surface area contributed by atoms with Crippen molar-refractivity contribution in [3.05, 3.63) is 0 Å². The van der Waals surface area contributed by atoms with Gasteiger partial charge in [0.15, 0.2) is 4.20 Å². The molecule has 2 heterocycles. The molecule has 1 atom stereocenters. The molecule has 1 unspecified atom stereocenters. The minimum Gasteiger partial charge on any atom is -0.300 e. The molecule has 2 aliphatic heterocycles. The van der Waals surface area contributed by atoms with Crippen molar-refractivity contribution in [1.29, 1.82) is 0 Å². The molecule has 14 heavy (non-hydrogen) atoms. The van der Waals surface area contributed by atoms with E-state index in [0.29, 0.717) is 0 Å². The number of hydrogen-bond donors (Lipinski definition) is 0. The Balaban J connectivity index is 2.30. The van der Waals surface area contributed by atoms with Gasteiger partial charge in [-0.15, -0.1) is 35.3 Å². The Bertz CT molecular complexity index is 284. The van der Waals surface area contributed by atoms with Crippen LogP contribution in [0.4, 0.5) is 0 Å². The van der Waals surface area contributed by atoms with Crippen LogP contribution < -0.4 is 0 Å². The summed E-state index contributed by atoms with van der Waals surface area (Å²) in [5.74, 6) is 3.54. The molecule has 2 rings (SSSR count). The number of nitrogens with zero attached hydrogens (tertiary/aromatic N) is 1. The van der Waals surface area contributed by atoms with Crippen LogP contribution >= 0.6 is 35.3 Å². The van der Waals surface area contributed by atoms with E-state index in [1.165, 1.54) is 0 Å². The molecule has 2 nitrogen and oxygen atoms in total. The van der Waals surface area contributed by atoms with E-state index in [9.17, 15) is 4.79 Å². The Labute approximate surface area is 97.1 Å². The monoisotopic (exact) mass is 247 g/mol. The van der Waals surface area contributed by atoms with E-state index in [-0.39, 0.29) is 15.9 Å². The summed E-state index contributed by atoms with van der Waals surface area (Å²) in [7, 11) is 0. The molecular weight excluding hydrogens is 234 g/mol. The second-order valence-corrected chi connectivity index (χ2v) is 7.54. The number of ketones is 1. The van der Waals surface area contributed by atoms with Crippen LogP contribution in [0.3, 0.4) is 0 Å². The molecule has 1 fully saturated rings. The lowest BCUT2D eigenvalue weighted by Gasteiger charge is -2.34. The molecule has 0 bridgehead atoms. The summed E-state index contributed by atoms with van der Waals surface area (Å²) >= 11 is 5.41. The maximum absolute atomic E-state index is 11.6. The summed E-state index contributed by atoms with van der Waals surface area (Å²) in [6.45, 7) is 3.74. The molecule has 1 spiro atoms. The quantitative estimate of drug-likeness (QED) is 0.712. The summed E-state index contributed by atoms with van der Waals surface area (Å²) in [6, 6.07) is 0. The Morgan fingerprint density at radius 2 is 2.14 bits per heavy atom. The topological polar surface area (TPSA) is 29.4 Å². The Morgan fingerprint density at radius 3 is 2.71 bits per heavy atom. The van der Waals surface area contributed by atoms with Crippen molar-refractivity contribution >= 4 is 46.1 Å². The second kappa shape index (κ2) is 4.10. The third-order valence-corrected chi connectivity index (χ3v) is 6.77. The molecular formula is C9H13NOS3. The summed E-state index contributed by atoms with van der Waals surface area (Å²) in [4.78, 5) is 16.3. The van der Waals surface area contributed by atoms with Gasteiger partial charge in [-0.2, -0.15) is 0 Å². The molecule has 5 heteroatoms. The normalized spacial score (nSPS) is 30.4. The molecule has 0 saturated carbocycles. The highest BCUT2D eigenvalue weighted by Gasteiger charge is 2.47. The maximum atomic E-state index is 11.6. The van der Waals surface area contributed by atoms with Gasteiger partial charge in [0.25, 0.3) is 0 Å². The average molecular weight is 247 g/mol. The molecule has 0 radical (unpaired) electrons. The summed E-state index contributed by atoms with van der Waals surface area (Å²) in [5.41, 5.74) is 0. The summed E-state index contributed by atoms with van der Waals surface area (Å²) in [6.07, 6.45) is 0. The number of aliphatic imine (C=N–C) groups is 1. The van der Waals surface area contributed by atoms with Gasteiger partial charge in [0.1, 0.15) is 5.78 Å². The van der Waals surface area contributed by atoms with Crippen molar-refractivity contribution in [2.24, 2.45) is 10.9 Å². The summed E-state index contributed by atoms with van der Waals surface area (Å²) < 4.78 is -0.166. The molecule has 78 valence electrons. The van der Waals surface area contributed by atoms with Crippen molar-refractivity contribution < 1.29 is 4.79 Å². The van der Waals surface area contributed by atoms with E-state index >= 15 is 0 Å². The number of carbonyl (C=O) groups excluding carboxylic acids is 1. The van der Waals surface area contributed by atoms with Gasteiger partial charge >= 0.3 is 0 Å². The zero-order valence-electron chi connectivity index (χ0n) is 8.28. The highest BCUT2D eigenvalue weighted by molar-refractivity contribution is 8.21. The third-order valence-electron chi connectivity index (χ3n) is 2.40. The van der Waals surface area contributed by atoms with Crippen LogP contribution in [-0.2, 0) is 4.79 Å². The van der Waals surface area contributed by atoms with E-state index in [0.717, 1.165) is 22.3 Å². The van der Waals surface area contributed by atoms with Crippen molar-refractivity contribution in [2.45, 2.75) is 18.1 Å². The average Bonchev–Trinajstić information content (AvgIpc) is 2.52. The summed E-state index contributed by atoms with van der Waals surface area (Å²) in [5, 5.41) is 1.13. The number of thioether (sulfide) groups is 3. The first-order valence-corrected chi connectivity index (χ1v) is 7.57. The van der Waals surface area contributed by atoms with Gasteiger partial charge < -0.3 is 0 Å². The fraction of sp³-hybridized carbons (Fsp3) is 0.778. The minimum absolute atomic E-state index is 0.105. The zero-order valence-corrected chi connectivity index (χ0v) is 10.7. The molecule has 2 aliphatic rings. The van der Waals surface area contributed by atoms with Gasteiger partial charge in [-0.05, 0) is 13.8 Å². The maximum Gasteiger partial charge on any atom is 0.163 e. The Morgan fingerprint density at radius 1 is 1.50 bits per heavy atom. The highest BCUT2D eigenvalue weighted by atomic mass is 32.2. The van der Waals surface area contributed by atoms with Gasteiger partial charge in [-0.1, -0.05) is 0 Å². The minimum atomic E-state index is -0.166. The first-order chi connectivity index (χ1) is 6.64. The van der Waals surface area contributed by atoms with Crippen LogP contribution in [0.5, 0.6) is 0 Å². The van der Waals surface area contributed by atoms with Crippen LogP contribution in [0.25, 0.3) is 0 Å². The molecule has 0 aromatic rings. The number of hydrogen-bond acceptors (Lipinski definition) is 5. The van der Waals surface area contributed by atoms with Crippen molar-refractivity contribution in [2.75, 3.05) is 17.3 Å². The number of rotatable bonds is 1. The van der Waals surface area contributed by atoms with E-state index in [4.69, 9.17) is 4.99 Å². The first kappa shape index (κ1) is 10.9. The number of Topliss-reactive ketones (excluding diaryl/α,β-unsaturated/α-hetero) is 1. The Hall–Kier alpha value is 0.390. The molecule has 0 amide bonds. The van der Waals surface area contributed by atoms with E-state index in [1.807, 2.05) is 30.4 Å². The fourth-order valence-corrected chi connectivity index (χ4v) is 6.50. The van der Waals surface area contributed by atoms with E-state index in [1.54, 1.807) is 18.7 Å². The fourth-order valence-electron chi connectivity index (χ4n) is 1.70. The van der Waals surface area contributed by atoms with E-state index < -0.39 is 0 Å². The lowest BCUT2D eigenvalue weighted by atomic mass is 10.1. The van der Waals surface area contributed by atoms with Gasteiger partial charge in [0.2, 0.25) is 0 Å². The molecule has 1 saturated heterocycles. The van der Waals surface area contributed by atoms with Crippen molar-refractivity contribution in [3.63, 3.8) is 0 Å². The van der Waals surface area contributed by atoms with Gasteiger partial charge in [0.05, 0.1) is 11.0 Å². The van der Waals surface area contributed by atoms with Gasteiger partial charge in [-0.25, -0.2) is 0 Å². The van der Waals surface area contributed by atoms with Crippen molar-refractivity contribution in [1.82, 2.24) is 0 Å². The van der Waals surface area contributed by atoms with Crippen LogP contribution in [0.2, 0.25) is 0 Å². The van der Waals surface area contributed by atoms with Crippen LogP contribution in [0, 0.1) is 5.92 Å². The molecule has 0 N–H and O–H groups in total. The van der Waals surface area contributed by atoms with Gasteiger partial charge in [0, 0.05) is 17.3 Å². The lowest BCUT2D eigenvalue weighted by molar-refractivity contribution is -0.120. The van der Waals surface area contributed by atoms with E-state index in [2.05, 4.69) is 0 Å².